The van der Waals surface area contributed by atoms with Crippen LogP contribution in [0.25, 0.3) is 0 Å². The predicted molar refractivity (Wildman–Crippen MR) is 108 cm³/mol. The maximum absolute atomic E-state index is 5.80. The third-order valence-electron chi connectivity index (χ3n) is 4.61. The first-order valence-electron chi connectivity index (χ1n) is 9.10. The van der Waals surface area contributed by atoms with Gasteiger partial charge in [0, 0.05) is 39.3 Å². The van der Waals surface area contributed by atoms with E-state index < -0.39 is 0 Å². The summed E-state index contributed by atoms with van der Waals surface area (Å²) < 4.78 is 16.5. The minimum Gasteiger partial charge on any atom is -0.492 e. The summed E-state index contributed by atoms with van der Waals surface area (Å²) in [6, 6.07) is 9.91. The molecule has 7 nitrogen and oxygen atoms in total. The van der Waals surface area contributed by atoms with E-state index in [0.29, 0.717) is 13.2 Å². The van der Waals surface area contributed by atoms with Gasteiger partial charge in [-0.1, -0.05) is 0 Å². The van der Waals surface area contributed by atoms with E-state index >= 15 is 0 Å². The molecule has 0 atom stereocenters. The van der Waals surface area contributed by atoms with Crippen LogP contribution in [0.1, 0.15) is 0 Å². The van der Waals surface area contributed by atoms with Crippen molar-refractivity contribution in [3.63, 3.8) is 0 Å². The highest BCUT2D eigenvalue weighted by Crippen LogP contribution is 2.35. The van der Waals surface area contributed by atoms with Crippen LogP contribution >= 0.6 is 11.3 Å². The fourth-order valence-corrected chi connectivity index (χ4v) is 4.00. The van der Waals surface area contributed by atoms with Crippen molar-refractivity contribution in [1.29, 1.82) is 0 Å². The van der Waals surface area contributed by atoms with Crippen molar-refractivity contribution in [3.05, 3.63) is 35.7 Å². The molecular weight excluding hydrogens is 364 g/mol. The maximum Gasteiger partial charge on any atom is 0.231 e. The number of anilines is 1. The molecule has 2 aromatic rings. The Morgan fingerprint density at radius 3 is 2.81 bits per heavy atom. The molecule has 0 aliphatic carbocycles. The van der Waals surface area contributed by atoms with E-state index in [1.165, 1.54) is 5.00 Å². The monoisotopic (exact) mass is 388 g/mol. The summed E-state index contributed by atoms with van der Waals surface area (Å²) in [6.07, 6.45) is 0. The van der Waals surface area contributed by atoms with Crippen LogP contribution in [0.2, 0.25) is 0 Å². The zero-order valence-corrected chi connectivity index (χ0v) is 16.2. The lowest BCUT2D eigenvalue weighted by molar-refractivity contribution is 0.173. The summed E-state index contributed by atoms with van der Waals surface area (Å²) in [5.74, 6) is 3.21. The molecule has 1 saturated heterocycles. The SMILES string of the molecule is CN=C(NCCOc1ccc2c(c1)OCO2)N1CCN(c2cccs2)CC1. The molecule has 1 aromatic heterocycles. The van der Waals surface area contributed by atoms with Gasteiger partial charge in [-0.15, -0.1) is 11.3 Å². The van der Waals surface area contributed by atoms with Gasteiger partial charge in [0.05, 0.1) is 11.5 Å². The maximum atomic E-state index is 5.80. The van der Waals surface area contributed by atoms with Gasteiger partial charge >= 0.3 is 0 Å². The molecule has 2 aliphatic rings. The molecule has 0 radical (unpaired) electrons. The van der Waals surface area contributed by atoms with Crippen LogP contribution in [-0.2, 0) is 0 Å². The van der Waals surface area contributed by atoms with E-state index in [4.69, 9.17) is 14.2 Å². The summed E-state index contributed by atoms with van der Waals surface area (Å²) in [6.45, 7) is 5.45. The first kappa shape index (κ1) is 17.8. The van der Waals surface area contributed by atoms with E-state index in [1.54, 1.807) is 11.3 Å². The van der Waals surface area contributed by atoms with Crippen LogP contribution in [0.15, 0.2) is 40.7 Å². The van der Waals surface area contributed by atoms with E-state index in [9.17, 15) is 0 Å². The normalized spacial score (nSPS) is 16.6. The second-order valence-corrected chi connectivity index (χ2v) is 7.19. The van der Waals surface area contributed by atoms with Crippen molar-refractivity contribution in [2.45, 2.75) is 0 Å². The molecule has 3 heterocycles. The molecule has 4 rings (SSSR count). The summed E-state index contributed by atoms with van der Waals surface area (Å²) in [5, 5.41) is 6.86. The topological polar surface area (TPSA) is 58.6 Å². The number of ether oxygens (including phenoxy) is 3. The molecule has 8 heteroatoms. The Kier molecular flexibility index (Phi) is 5.53. The zero-order valence-electron chi connectivity index (χ0n) is 15.4. The number of guanidine groups is 1. The van der Waals surface area contributed by atoms with Crippen molar-refractivity contribution in [3.8, 4) is 17.2 Å². The van der Waals surface area contributed by atoms with E-state index in [2.05, 4.69) is 37.6 Å². The molecule has 1 fully saturated rings. The minimum atomic E-state index is 0.274. The molecule has 2 aliphatic heterocycles. The Labute approximate surface area is 163 Å². The second-order valence-electron chi connectivity index (χ2n) is 6.26. The number of rotatable bonds is 5. The van der Waals surface area contributed by atoms with Gasteiger partial charge in [0.1, 0.15) is 12.4 Å². The van der Waals surface area contributed by atoms with Crippen LogP contribution in [0.5, 0.6) is 17.2 Å². The first-order chi connectivity index (χ1) is 13.3. The number of nitrogens with one attached hydrogen (secondary N) is 1. The molecule has 1 N–H and O–H groups in total. The summed E-state index contributed by atoms with van der Waals surface area (Å²) >= 11 is 1.80. The van der Waals surface area contributed by atoms with Gasteiger partial charge in [-0.25, -0.2) is 0 Å². The number of benzene rings is 1. The highest BCUT2D eigenvalue weighted by Gasteiger charge is 2.20. The fraction of sp³-hybridized carbons (Fsp3) is 0.421. The molecule has 0 amide bonds. The average Bonchev–Trinajstić information content (AvgIpc) is 3.40. The highest BCUT2D eigenvalue weighted by atomic mass is 32.1. The van der Waals surface area contributed by atoms with Crippen LogP contribution < -0.4 is 24.4 Å². The largest absolute Gasteiger partial charge is 0.492 e. The summed E-state index contributed by atoms with van der Waals surface area (Å²) in [7, 11) is 1.83. The lowest BCUT2D eigenvalue weighted by Gasteiger charge is -2.37. The van der Waals surface area contributed by atoms with E-state index in [0.717, 1.165) is 49.4 Å². The Bertz CT molecular complexity index is 773. The highest BCUT2D eigenvalue weighted by molar-refractivity contribution is 7.14. The van der Waals surface area contributed by atoms with Gasteiger partial charge in [0.15, 0.2) is 17.5 Å². The number of nitrogens with zero attached hydrogens (tertiary/aromatic N) is 3. The quantitative estimate of drug-likeness (QED) is 0.482. The van der Waals surface area contributed by atoms with Crippen molar-refractivity contribution < 1.29 is 14.2 Å². The molecule has 1 aromatic carbocycles. The smallest absolute Gasteiger partial charge is 0.231 e. The minimum absolute atomic E-state index is 0.274. The van der Waals surface area contributed by atoms with Gasteiger partial charge in [0.2, 0.25) is 6.79 Å². The summed E-state index contributed by atoms with van der Waals surface area (Å²) in [5.41, 5.74) is 0. The molecule has 0 saturated carbocycles. The van der Waals surface area contributed by atoms with Gasteiger partial charge in [-0.2, -0.15) is 0 Å². The molecule has 0 bridgehead atoms. The van der Waals surface area contributed by atoms with E-state index in [-0.39, 0.29) is 6.79 Å². The van der Waals surface area contributed by atoms with Gasteiger partial charge in [-0.05, 0) is 29.6 Å². The van der Waals surface area contributed by atoms with Crippen LogP contribution in [0.4, 0.5) is 5.00 Å². The van der Waals surface area contributed by atoms with Gasteiger partial charge in [0.25, 0.3) is 0 Å². The zero-order chi connectivity index (χ0) is 18.5. The lowest BCUT2D eigenvalue weighted by atomic mass is 10.3. The number of thiophene rings is 1. The van der Waals surface area contributed by atoms with Gasteiger partial charge in [-0.3, -0.25) is 4.99 Å². The Hall–Kier alpha value is -2.61. The van der Waals surface area contributed by atoms with E-state index in [1.807, 2.05) is 25.2 Å². The van der Waals surface area contributed by atoms with Crippen molar-refractivity contribution in [2.24, 2.45) is 4.99 Å². The van der Waals surface area contributed by atoms with Crippen LogP contribution in [0, 0.1) is 0 Å². The van der Waals surface area contributed by atoms with Crippen molar-refractivity contribution in [1.82, 2.24) is 10.2 Å². The molecule has 0 unspecified atom stereocenters. The molecule has 27 heavy (non-hydrogen) atoms. The van der Waals surface area contributed by atoms with Crippen molar-refractivity contribution in [2.75, 3.05) is 58.1 Å². The number of fused-ring (bicyclic) bond motifs is 1. The predicted octanol–water partition coefficient (Wildman–Crippen LogP) is 2.25. The average molecular weight is 388 g/mol. The van der Waals surface area contributed by atoms with Crippen LogP contribution in [0.3, 0.4) is 0 Å². The number of aliphatic imine (C=N–C) groups is 1. The van der Waals surface area contributed by atoms with Gasteiger partial charge < -0.3 is 29.3 Å². The first-order valence-corrected chi connectivity index (χ1v) is 9.98. The Morgan fingerprint density at radius 1 is 1.19 bits per heavy atom. The Balaban J connectivity index is 1.21. The van der Waals surface area contributed by atoms with Crippen LogP contribution in [-0.4, -0.2) is 64.0 Å². The third-order valence-corrected chi connectivity index (χ3v) is 5.54. The van der Waals surface area contributed by atoms with Crippen molar-refractivity contribution >= 4 is 22.3 Å². The number of hydrogen-bond acceptors (Lipinski definition) is 6. The standard InChI is InChI=1S/C19H24N4O3S/c1-20-19(23-9-7-22(8-10-23)18-3-2-12-27-18)21-6-11-24-15-4-5-16-17(13-15)26-14-25-16/h2-5,12-13H,6-11,14H2,1H3,(H,20,21). The summed E-state index contributed by atoms with van der Waals surface area (Å²) in [4.78, 5) is 9.14. The lowest BCUT2D eigenvalue weighted by Crippen LogP contribution is -2.52. The fourth-order valence-electron chi connectivity index (χ4n) is 3.22. The molecule has 144 valence electrons. The second kappa shape index (κ2) is 8.39. The number of hydrogen-bond donors (Lipinski definition) is 1. The molecule has 0 spiro atoms. The number of piperazine rings is 1. The Morgan fingerprint density at radius 2 is 2.04 bits per heavy atom. The molecular formula is C19H24N4O3S. The third kappa shape index (κ3) is 4.21.